The van der Waals surface area contributed by atoms with Gasteiger partial charge < -0.3 is 10.4 Å². The number of carbonyl (C=O) groups excluding carboxylic acids is 1. The molecule has 0 radical (unpaired) electrons. The van der Waals surface area contributed by atoms with Crippen LogP contribution in [0.4, 0.5) is 0 Å². The predicted molar refractivity (Wildman–Crippen MR) is 62.4 cm³/mol. The van der Waals surface area contributed by atoms with Gasteiger partial charge in [0.15, 0.2) is 0 Å². The van der Waals surface area contributed by atoms with E-state index in [1.54, 1.807) is 11.3 Å². The van der Waals surface area contributed by atoms with Crippen molar-refractivity contribution in [2.75, 3.05) is 13.2 Å². The van der Waals surface area contributed by atoms with Crippen molar-refractivity contribution < 1.29 is 9.90 Å². The monoisotopic (exact) mass is 227 g/mol. The molecule has 4 heteroatoms. The van der Waals surface area contributed by atoms with Crippen molar-refractivity contribution in [2.24, 2.45) is 0 Å². The Morgan fingerprint density at radius 1 is 1.47 bits per heavy atom. The van der Waals surface area contributed by atoms with Gasteiger partial charge in [0.25, 0.3) is 5.91 Å². The number of thiophene rings is 1. The van der Waals surface area contributed by atoms with Gasteiger partial charge in [0.2, 0.25) is 0 Å². The van der Waals surface area contributed by atoms with E-state index >= 15 is 0 Å². The summed E-state index contributed by atoms with van der Waals surface area (Å²) in [6.07, 6.45) is 1.56. The number of hydrogen-bond donors (Lipinski definition) is 2. The van der Waals surface area contributed by atoms with Crippen molar-refractivity contribution in [1.29, 1.82) is 0 Å². The quantitative estimate of drug-likeness (QED) is 0.754. The summed E-state index contributed by atoms with van der Waals surface area (Å²) < 4.78 is 0. The number of hydrogen-bond acceptors (Lipinski definition) is 3. The molecule has 3 nitrogen and oxygen atoms in total. The van der Waals surface area contributed by atoms with E-state index in [0.717, 1.165) is 28.2 Å². The molecule has 1 amide bonds. The first-order chi connectivity index (χ1) is 7.15. The molecular weight excluding hydrogens is 210 g/mol. The first-order valence-corrected chi connectivity index (χ1v) is 5.93. The highest BCUT2D eigenvalue weighted by Crippen LogP contribution is 2.20. The minimum atomic E-state index is -0.00482. The number of nitrogens with one attached hydrogen (secondary N) is 1. The number of unbranched alkanes of at least 4 members (excludes halogenated alkanes) is 1. The van der Waals surface area contributed by atoms with Crippen molar-refractivity contribution >= 4 is 17.2 Å². The Kier molecular flexibility index (Phi) is 4.78. The number of carbonyl (C=O) groups is 1. The second-order valence-electron chi connectivity index (χ2n) is 3.51. The summed E-state index contributed by atoms with van der Waals surface area (Å²) in [5.41, 5.74) is 0.779. The van der Waals surface area contributed by atoms with E-state index in [-0.39, 0.29) is 12.5 Å². The summed E-state index contributed by atoms with van der Waals surface area (Å²) in [5.74, 6) is -0.00482. The lowest BCUT2D eigenvalue weighted by Gasteiger charge is -2.03. The van der Waals surface area contributed by atoms with Crippen LogP contribution in [-0.2, 0) is 0 Å². The van der Waals surface area contributed by atoms with Gasteiger partial charge in [0, 0.05) is 22.9 Å². The summed E-state index contributed by atoms with van der Waals surface area (Å²) in [4.78, 5) is 13.9. The molecule has 0 bridgehead atoms. The minimum Gasteiger partial charge on any atom is -0.396 e. The standard InChI is InChI=1S/C11H17NO2S/c1-8-7-10(9(2)15-8)11(14)12-5-3-4-6-13/h7,13H,3-6H2,1-2H3,(H,12,14). The molecule has 1 heterocycles. The third kappa shape index (κ3) is 3.64. The first kappa shape index (κ1) is 12.2. The van der Waals surface area contributed by atoms with Gasteiger partial charge in [-0.3, -0.25) is 4.79 Å². The van der Waals surface area contributed by atoms with Crippen LogP contribution in [0.3, 0.4) is 0 Å². The Bertz CT molecular complexity index is 333. The highest BCUT2D eigenvalue weighted by Gasteiger charge is 2.10. The van der Waals surface area contributed by atoms with Crippen LogP contribution < -0.4 is 5.32 Å². The van der Waals surface area contributed by atoms with Crippen LogP contribution in [0.5, 0.6) is 0 Å². The topological polar surface area (TPSA) is 49.3 Å². The van der Waals surface area contributed by atoms with Crippen LogP contribution in [0, 0.1) is 13.8 Å². The van der Waals surface area contributed by atoms with Crippen LogP contribution in [0.25, 0.3) is 0 Å². The fourth-order valence-electron chi connectivity index (χ4n) is 1.39. The molecule has 15 heavy (non-hydrogen) atoms. The zero-order valence-electron chi connectivity index (χ0n) is 9.17. The molecule has 0 aromatic carbocycles. The smallest absolute Gasteiger partial charge is 0.252 e. The van der Waals surface area contributed by atoms with Crippen LogP contribution in [-0.4, -0.2) is 24.2 Å². The van der Waals surface area contributed by atoms with Crippen molar-refractivity contribution in [3.8, 4) is 0 Å². The molecule has 0 atom stereocenters. The molecule has 0 aliphatic heterocycles. The lowest BCUT2D eigenvalue weighted by atomic mass is 10.2. The fraction of sp³-hybridized carbons (Fsp3) is 0.545. The van der Waals surface area contributed by atoms with Crippen molar-refractivity contribution in [3.05, 3.63) is 21.4 Å². The second-order valence-corrected chi connectivity index (χ2v) is 4.97. The van der Waals surface area contributed by atoms with Gasteiger partial charge in [0.05, 0.1) is 5.56 Å². The third-order valence-corrected chi connectivity index (χ3v) is 3.12. The Morgan fingerprint density at radius 3 is 2.73 bits per heavy atom. The molecule has 0 saturated carbocycles. The summed E-state index contributed by atoms with van der Waals surface area (Å²) in [6, 6.07) is 1.92. The number of amides is 1. The van der Waals surface area contributed by atoms with Crippen LogP contribution >= 0.6 is 11.3 Å². The van der Waals surface area contributed by atoms with Gasteiger partial charge in [-0.2, -0.15) is 0 Å². The van der Waals surface area contributed by atoms with Gasteiger partial charge in [0.1, 0.15) is 0 Å². The zero-order valence-corrected chi connectivity index (χ0v) is 9.99. The lowest BCUT2D eigenvalue weighted by Crippen LogP contribution is -2.24. The maximum Gasteiger partial charge on any atom is 0.252 e. The number of rotatable bonds is 5. The van der Waals surface area contributed by atoms with Gasteiger partial charge in [-0.1, -0.05) is 0 Å². The molecule has 0 fully saturated rings. The number of aliphatic hydroxyl groups is 1. The summed E-state index contributed by atoms with van der Waals surface area (Å²) >= 11 is 1.64. The largest absolute Gasteiger partial charge is 0.396 e. The van der Waals surface area contributed by atoms with E-state index in [4.69, 9.17) is 5.11 Å². The molecule has 84 valence electrons. The Labute approximate surface area is 94.1 Å². The maximum absolute atomic E-state index is 11.7. The van der Waals surface area contributed by atoms with Crippen LogP contribution in [0.2, 0.25) is 0 Å². The summed E-state index contributed by atoms with van der Waals surface area (Å²) in [5, 5.41) is 11.4. The Morgan fingerprint density at radius 2 is 2.20 bits per heavy atom. The lowest BCUT2D eigenvalue weighted by molar-refractivity contribution is 0.0952. The van der Waals surface area contributed by atoms with E-state index in [1.165, 1.54) is 0 Å². The Balaban J connectivity index is 2.43. The minimum absolute atomic E-state index is 0.00482. The van der Waals surface area contributed by atoms with Gasteiger partial charge in [-0.15, -0.1) is 11.3 Å². The molecule has 0 aliphatic carbocycles. The highest BCUT2D eigenvalue weighted by molar-refractivity contribution is 7.12. The SMILES string of the molecule is Cc1cc(C(=O)NCCCCO)c(C)s1. The average molecular weight is 227 g/mol. The van der Waals surface area contributed by atoms with Gasteiger partial charge in [-0.05, 0) is 32.8 Å². The van der Waals surface area contributed by atoms with Gasteiger partial charge in [-0.25, -0.2) is 0 Å². The molecule has 1 rings (SSSR count). The summed E-state index contributed by atoms with van der Waals surface area (Å²) in [7, 11) is 0. The van der Waals surface area contributed by atoms with Crippen molar-refractivity contribution in [2.45, 2.75) is 26.7 Å². The van der Waals surface area contributed by atoms with E-state index in [9.17, 15) is 4.79 Å². The summed E-state index contributed by atoms with van der Waals surface area (Å²) in [6.45, 7) is 4.78. The molecule has 0 aliphatic rings. The zero-order chi connectivity index (χ0) is 11.3. The van der Waals surface area contributed by atoms with Crippen LogP contribution in [0.15, 0.2) is 6.07 Å². The predicted octanol–water partition coefficient (Wildman–Crippen LogP) is 1.87. The number of aryl methyl sites for hydroxylation is 2. The number of aliphatic hydroxyl groups excluding tert-OH is 1. The van der Waals surface area contributed by atoms with Crippen molar-refractivity contribution in [1.82, 2.24) is 5.32 Å². The molecule has 1 aromatic heterocycles. The maximum atomic E-state index is 11.7. The van der Waals surface area contributed by atoms with Crippen molar-refractivity contribution in [3.63, 3.8) is 0 Å². The molecule has 1 aromatic rings. The van der Waals surface area contributed by atoms with E-state index in [0.29, 0.717) is 6.54 Å². The van der Waals surface area contributed by atoms with Crippen LogP contribution in [0.1, 0.15) is 33.0 Å². The second kappa shape index (κ2) is 5.88. The molecule has 0 saturated heterocycles. The normalized spacial score (nSPS) is 10.3. The van der Waals surface area contributed by atoms with E-state index in [1.807, 2.05) is 19.9 Å². The van der Waals surface area contributed by atoms with Gasteiger partial charge >= 0.3 is 0 Å². The molecule has 0 unspecified atom stereocenters. The molecular formula is C11H17NO2S. The highest BCUT2D eigenvalue weighted by atomic mass is 32.1. The molecule has 0 spiro atoms. The molecule has 2 N–H and O–H groups in total. The average Bonchev–Trinajstić information content (AvgIpc) is 2.52. The van der Waals surface area contributed by atoms with E-state index < -0.39 is 0 Å². The Hall–Kier alpha value is -0.870. The van der Waals surface area contributed by atoms with E-state index in [2.05, 4.69) is 5.32 Å². The third-order valence-electron chi connectivity index (χ3n) is 2.16. The first-order valence-electron chi connectivity index (χ1n) is 5.11. The fourth-order valence-corrected chi connectivity index (χ4v) is 2.31.